The van der Waals surface area contributed by atoms with Gasteiger partial charge in [0.1, 0.15) is 5.75 Å². The van der Waals surface area contributed by atoms with Gasteiger partial charge in [0.2, 0.25) is 0 Å². The summed E-state index contributed by atoms with van der Waals surface area (Å²) >= 11 is 0. The fourth-order valence-electron chi connectivity index (χ4n) is 2.17. The van der Waals surface area contributed by atoms with E-state index in [2.05, 4.69) is 32.9 Å². The predicted molar refractivity (Wildman–Crippen MR) is 113 cm³/mol. The van der Waals surface area contributed by atoms with Gasteiger partial charge < -0.3 is 9.47 Å². The molecular weight excluding hydrogens is 497 g/mol. The van der Waals surface area contributed by atoms with Crippen molar-refractivity contribution in [2.75, 3.05) is 7.11 Å². The number of methoxy groups -OCH3 is 1. The van der Waals surface area contributed by atoms with E-state index in [0.717, 1.165) is 17.2 Å². The van der Waals surface area contributed by atoms with E-state index in [4.69, 9.17) is 9.47 Å². The van der Waals surface area contributed by atoms with Crippen LogP contribution in [0.15, 0.2) is 48.5 Å². The Morgan fingerprint density at radius 2 is 1.03 bits per heavy atom. The van der Waals surface area contributed by atoms with Gasteiger partial charge in [0, 0.05) is 0 Å². The second kappa shape index (κ2) is 11.1. The van der Waals surface area contributed by atoms with E-state index in [1.54, 1.807) is 7.11 Å². The van der Waals surface area contributed by atoms with Crippen LogP contribution in [-0.4, -0.2) is 7.11 Å². The number of benzene rings is 2. The van der Waals surface area contributed by atoms with Gasteiger partial charge in [-0.3, -0.25) is 0 Å². The quantitative estimate of drug-likeness (QED) is 0.227. The number of rotatable bonds is 3. The molecule has 0 N–H and O–H groups in total. The van der Waals surface area contributed by atoms with Crippen LogP contribution in [0.1, 0.15) is 26.3 Å². The standard InChI is InChI=1S/C17H20O2.C5H5.F6P.Fe/c1-17(2,3)13-9-11-14(12-10-13)19-16-8-6-5-7-15(16)18-4;1-2-4-5-3-1;1-7(2,3,4,5)6;/h5-12H,1-4H3;1-5H;;/q;;-1;+2. The second-order valence-electron chi connectivity index (χ2n) is 7.45. The molecule has 32 heavy (non-hydrogen) atoms. The fraction of sp³-hybridized carbons (Fsp3) is 0.227. The Balaban J connectivity index is 0.000000609. The van der Waals surface area contributed by atoms with Crippen LogP contribution in [0, 0.1) is 32.1 Å². The Labute approximate surface area is 196 Å². The Morgan fingerprint density at radius 1 is 0.656 bits per heavy atom. The summed E-state index contributed by atoms with van der Waals surface area (Å²) in [5.74, 6) is 2.29. The molecule has 0 aromatic heterocycles. The molecule has 2 aromatic carbocycles. The topological polar surface area (TPSA) is 18.5 Å². The zero-order valence-electron chi connectivity index (χ0n) is 17.9. The van der Waals surface area contributed by atoms with Crippen LogP contribution >= 0.6 is 7.81 Å². The van der Waals surface area contributed by atoms with E-state index < -0.39 is 7.81 Å². The number of halogens is 6. The molecule has 1 saturated carbocycles. The van der Waals surface area contributed by atoms with Gasteiger partial charge in [-0.1, -0.05) is 45.0 Å². The number of para-hydroxylation sites is 2. The molecule has 1 fully saturated rings. The van der Waals surface area contributed by atoms with Crippen LogP contribution < -0.4 is 9.47 Å². The minimum Gasteiger partial charge on any atom is -0.0312 e. The third kappa shape index (κ3) is 16.2. The van der Waals surface area contributed by atoms with E-state index in [1.807, 2.05) is 68.5 Å². The van der Waals surface area contributed by atoms with Crippen molar-refractivity contribution in [3.05, 3.63) is 86.2 Å². The molecule has 0 unspecified atom stereocenters. The first-order valence-electron chi connectivity index (χ1n) is 9.10. The van der Waals surface area contributed by atoms with Gasteiger partial charge in [-0.2, -0.15) is 0 Å². The van der Waals surface area contributed by atoms with Crippen molar-refractivity contribution >= 4 is 7.81 Å². The van der Waals surface area contributed by atoms with E-state index in [9.17, 15) is 25.2 Å². The third-order valence-electron chi connectivity index (χ3n) is 3.57. The van der Waals surface area contributed by atoms with Crippen molar-refractivity contribution < 1.29 is 51.7 Å². The minimum atomic E-state index is -10.7. The van der Waals surface area contributed by atoms with E-state index in [0.29, 0.717) is 0 Å². The van der Waals surface area contributed by atoms with Crippen LogP contribution in [0.5, 0.6) is 17.2 Å². The first kappa shape index (κ1) is 30.6. The van der Waals surface area contributed by atoms with E-state index in [-0.39, 0.29) is 22.5 Å². The Morgan fingerprint density at radius 3 is 1.38 bits per heavy atom. The van der Waals surface area contributed by atoms with Crippen LogP contribution in [0.4, 0.5) is 25.2 Å². The Bertz CT molecular complexity index is 796. The third-order valence-corrected chi connectivity index (χ3v) is 3.57. The predicted octanol–water partition coefficient (Wildman–Crippen LogP) is 9.19. The summed E-state index contributed by atoms with van der Waals surface area (Å²) in [5.41, 5.74) is 1.45. The smallest absolute Gasteiger partial charge is 0.0312 e. The molecule has 0 amide bonds. The van der Waals surface area contributed by atoms with Crippen molar-refractivity contribution in [2.45, 2.75) is 26.2 Å². The average molecular weight is 522 g/mol. The first-order chi connectivity index (χ1) is 14.0. The molecule has 0 saturated heterocycles. The molecule has 1 aliphatic carbocycles. The maximum Gasteiger partial charge on any atom is 2.00 e. The normalized spacial score (nSPS) is 15.4. The molecule has 2 aromatic rings. The first-order valence-corrected chi connectivity index (χ1v) is 11.1. The number of ether oxygens (including phenoxy) is 2. The molecule has 0 heterocycles. The Kier molecular flexibility index (Phi) is 10.6. The molecule has 179 valence electrons. The minimum absolute atomic E-state index is 0. The van der Waals surface area contributed by atoms with Crippen LogP contribution in [0.2, 0.25) is 0 Å². The van der Waals surface area contributed by atoms with Gasteiger partial charge >= 0.3 is 50.1 Å². The van der Waals surface area contributed by atoms with Gasteiger partial charge in [0.15, 0.2) is 11.5 Å². The van der Waals surface area contributed by atoms with Crippen LogP contribution in [-0.2, 0) is 22.5 Å². The Hall–Kier alpha value is -1.43. The zero-order chi connectivity index (χ0) is 23.8. The monoisotopic (exact) mass is 522 g/mol. The molecule has 1 aliphatic rings. The molecule has 0 bridgehead atoms. The summed E-state index contributed by atoms with van der Waals surface area (Å²) in [5, 5.41) is 0. The number of hydrogen-bond donors (Lipinski definition) is 0. The van der Waals surface area contributed by atoms with Gasteiger partial charge in [-0.25, -0.2) is 0 Å². The molecule has 0 spiro atoms. The largest absolute Gasteiger partial charge is 2.00 e. The number of hydrogen-bond acceptors (Lipinski definition) is 2. The molecule has 0 atom stereocenters. The molecular formula is C22H25F6FeO2P+. The van der Waals surface area contributed by atoms with Gasteiger partial charge in [0.25, 0.3) is 0 Å². The zero-order valence-corrected chi connectivity index (χ0v) is 19.9. The fourth-order valence-corrected chi connectivity index (χ4v) is 2.17. The molecule has 3 rings (SSSR count). The summed E-state index contributed by atoms with van der Waals surface area (Å²) in [6.45, 7) is 6.59. The van der Waals surface area contributed by atoms with Gasteiger partial charge in [-0.15, -0.1) is 0 Å². The SMILES string of the molecule is COc1ccccc1Oc1ccc(C(C)(C)C)cc1.F[P-](F)(F)(F)(F)F.[CH]1[CH][CH][CH][CH]1.[Fe+2]. The summed E-state index contributed by atoms with van der Waals surface area (Å²) < 4.78 is 70.3. The molecule has 0 aliphatic heterocycles. The van der Waals surface area contributed by atoms with Crippen molar-refractivity contribution in [2.24, 2.45) is 0 Å². The molecule has 5 radical (unpaired) electrons. The summed E-state index contributed by atoms with van der Waals surface area (Å²) in [7, 11) is -9.01. The second-order valence-corrected chi connectivity index (χ2v) is 9.36. The van der Waals surface area contributed by atoms with Crippen molar-refractivity contribution in [3.63, 3.8) is 0 Å². The maximum atomic E-state index is 9.87. The summed E-state index contributed by atoms with van der Waals surface area (Å²) in [6, 6.07) is 15.8. The van der Waals surface area contributed by atoms with E-state index in [1.165, 1.54) is 5.56 Å². The van der Waals surface area contributed by atoms with E-state index >= 15 is 0 Å². The van der Waals surface area contributed by atoms with Crippen LogP contribution in [0.25, 0.3) is 0 Å². The van der Waals surface area contributed by atoms with Crippen molar-refractivity contribution in [1.82, 2.24) is 0 Å². The molecule has 10 heteroatoms. The summed E-state index contributed by atoms with van der Waals surface area (Å²) in [4.78, 5) is 0. The average Bonchev–Trinajstić information content (AvgIpc) is 3.19. The van der Waals surface area contributed by atoms with Crippen molar-refractivity contribution in [1.29, 1.82) is 0 Å². The van der Waals surface area contributed by atoms with Gasteiger partial charge in [-0.05, 0) is 67.3 Å². The maximum absolute atomic E-state index is 10.7. The van der Waals surface area contributed by atoms with Crippen molar-refractivity contribution in [3.8, 4) is 17.2 Å². The van der Waals surface area contributed by atoms with Crippen LogP contribution in [0.3, 0.4) is 0 Å². The van der Waals surface area contributed by atoms with Gasteiger partial charge in [0.05, 0.1) is 7.11 Å². The summed E-state index contributed by atoms with van der Waals surface area (Å²) in [6.07, 6.45) is 10.0. The molecule has 2 nitrogen and oxygen atoms in total.